The van der Waals surface area contributed by atoms with Crippen LogP contribution in [0, 0.1) is 0 Å². The first kappa shape index (κ1) is 15.4. The fraction of sp³-hybridized carbons (Fsp3) is 0.867. The van der Waals surface area contributed by atoms with E-state index in [-0.39, 0.29) is 0 Å². The normalized spacial score (nSPS) is 24.0. The van der Waals surface area contributed by atoms with Gasteiger partial charge in [0.2, 0.25) is 11.7 Å². The van der Waals surface area contributed by atoms with E-state index in [1.807, 2.05) is 13.8 Å². The summed E-state index contributed by atoms with van der Waals surface area (Å²) in [7, 11) is 1.67. The molecule has 1 N–H and O–H groups in total. The highest BCUT2D eigenvalue weighted by Crippen LogP contribution is 2.33. The van der Waals surface area contributed by atoms with Crippen LogP contribution in [0.4, 0.5) is 0 Å². The molecule has 0 bridgehead atoms. The standard InChI is InChI=1S/C15H27N3O2/c1-5-10-16-12-9-7-6-8-11(12)13-17-14(18-20-13)15(2,3)19-4/h11-12,16H,5-10H2,1-4H3. The maximum atomic E-state index is 5.52. The number of hydrogen-bond acceptors (Lipinski definition) is 5. The van der Waals surface area contributed by atoms with E-state index in [9.17, 15) is 0 Å². The second-order valence-electron chi connectivity index (χ2n) is 6.12. The van der Waals surface area contributed by atoms with Crippen molar-refractivity contribution < 1.29 is 9.26 Å². The molecular weight excluding hydrogens is 254 g/mol. The summed E-state index contributed by atoms with van der Waals surface area (Å²) in [5, 5.41) is 7.73. The lowest BCUT2D eigenvalue weighted by Crippen LogP contribution is -2.37. The van der Waals surface area contributed by atoms with Gasteiger partial charge in [0.1, 0.15) is 5.60 Å². The predicted molar refractivity (Wildman–Crippen MR) is 77.6 cm³/mol. The molecule has 1 fully saturated rings. The Kier molecular flexibility index (Phi) is 5.16. The third-order valence-electron chi connectivity index (χ3n) is 4.23. The van der Waals surface area contributed by atoms with Gasteiger partial charge in [-0.3, -0.25) is 0 Å². The average Bonchev–Trinajstić information content (AvgIpc) is 2.96. The summed E-state index contributed by atoms with van der Waals surface area (Å²) in [6.45, 7) is 7.15. The molecule has 1 heterocycles. The van der Waals surface area contributed by atoms with Crippen molar-refractivity contribution in [3.63, 3.8) is 0 Å². The van der Waals surface area contributed by atoms with Crippen LogP contribution in [0.5, 0.6) is 0 Å². The Balaban J connectivity index is 2.12. The molecule has 0 amide bonds. The molecule has 1 aliphatic rings. The summed E-state index contributed by atoms with van der Waals surface area (Å²) in [4.78, 5) is 4.59. The number of hydrogen-bond donors (Lipinski definition) is 1. The van der Waals surface area contributed by atoms with E-state index in [1.165, 1.54) is 19.3 Å². The van der Waals surface area contributed by atoms with E-state index in [2.05, 4.69) is 22.4 Å². The quantitative estimate of drug-likeness (QED) is 0.868. The van der Waals surface area contributed by atoms with E-state index < -0.39 is 5.60 Å². The van der Waals surface area contributed by atoms with Gasteiger partial charge in [0, 0.05) is 13.2 Å². The van der Waals surface area contributed by atoms with Gasteiger partial charge in [-0.1, -0.05) is 24.9 Å². The molecule has 1 saturated carbocycles. The summed E-state index contributed by atoms with van der Waals surface area (Å²) in [6.07, 6.45) is 5.98. The molecule has 0 saturated heterocycles. The molecule has 0 aliphatic heterocycles. The Labute approximate surface area is 121 Å². The lowest BCUT2D eigenvalue weighted by atomic mass is 9.84. The largest absolute Gasteiger partial charge is 0.371 e. The monoisotopic (exact) mass is 281 g/mol. The van der Waals surface area contributed by atoms with Crippen molar-refractivity contribution in [3.8, 4) is 0 Å². The Bertz CT molecular complexity index is 417. The zero-order valence-electron chi connectivity index (χ0n) is 13.1. The van der Waals surface area contributed by atoms with E-state index in [0.717, 1.165) is 25.3 Å². The second kappa shape index (κ2) is 6.68. The lowest BCUT2D eigenvalue weighted by Gasteiger charge is -2.29. The maximum Gasteiger partial charge on any atom is 0.231 e. The van der Waals surface area contributed by atoms with Crippen molar-refractivity contribution in [1.29, 1.82) is 0 Å². The molecule has 20 heavy (non-hydrogen) atoms. The average molecular weight is 281 g/mol. The van der Waals surface area contributed by atoms with Gasteiger partial charge in [0.05, 0.1) is 5.92 Å². The first-order chi connectivity index (χ1) is 9.58. The maximum absolute atomic E-state index is 5.52. The molecule has 5 heteroatoms. The number of aromatic nitrogens is 2. The zero-order chi connectivity index (χ0) is 14.6. The van der Waals surface area contributed by atoms with Crippen LogP contribution < -0.4 is 5.32 Å². The molecule has 1 aromatic heterocycles. The van der Waals surface area contributed by atoms with Crippen LogP contribution >= 0.6 is 0 Å². The van der Waals surface area contributed by atoms with E-state index in [0.29, 0.717) is 17.8 Å². The third-order valence-corrected chi connectivity index (χ3v) is 4.23. The summed E-state index contributed by atoms with van der Waals surface area (Å²) in [5.74, 6) is 1.73. The smallest absolute Gasteiger partial charge is 0.231 e. The van der Waals surface area contributed by atoms with Crippen molar-refractivity contribution in [3.05, 3.63) is 11.7 Å². The first-order valence-corrected chi connectivity index (χ1v) is 7.71. The Hall–Kier alpha value is -0.940. The van der Waals surface area contributed by atoms with Crippen molar-refractivity contribution in [2.24, 2.45) is 0 Å². The number of rotatable bonds is 6. The first-order valence-electron chi connectivity index (χ1n) is 7.71. The summed E-state index contributed by atoms with van der Waals surface area (Å²) >= 11 is 0. The van der Waals surface area contributed by atoms with Gasteiger partial charge in [-0.05, 0) is 39.7 Å². The van der Waals surface area contributed by atoms with E-state index in [4.69, 9.17) is 9.26 Å². The zero-order valence-corrected chi connectivity index (χ0v) is 13.1. The molecule has 0 aromatic carbocycles. The Morgan fingerprint density at radius 3 is 2.80 bits per heavy atom. The lowest BCUT2D eigenvalue weighted by molar-refractivity contribution is 0.00973. The number of nitrogens with zero attached hydrogens (tertiary/aromatic N) is 2. The van der Waals surface area contributed by atoms with Crippen LogP contribution in [0.15, 0.2) is 4.52 Å². The van der Waals surface area contributed by atoms with Gasteiger partial charge >= 0.3 is 0 Å². The number of nitrogens with one attached hydrogen (secondary N) is 1. The Morgan fingerprint density at radius 1 is 1.35 bits per heavy atom. The van der Waals surface area contributed by atoms with Gasteiger partial charge in [-0.15, -0.1) is 0 Å². The molecule has 1 aliphatic carbocycles. The molecule has 114 valence electrons. The fourth-order valence-corrected chi connectivity index (χ4v) is 2.72. The molecule has 2 atom stereocenters. The van der Waals surface area contributed by atoms with Crippen LogP contribution in [0.25, 0.3) is 0 Å². The van der Waals surface area contributed by atoms with Crippen LogP contribution in [-0.2, 0) is 10.3 Å². The molecule has 2 unspecified atom stereocenters. The highest BCUT2D eigenvalue weighted by atomic mass is 16.5. The van der Waals surface area contributed by atoms with Crippen molar-refractivity contribution in [2.45, 2.75) is 70.4 Å². The molecule has 2 rings (SSSR count). The topological polar surface area (TPSA) is 60.2 Å². The summed E-state index contributed by atoms with van der Waals surface area (Å²) in [5.41, 5.74) is -0.497. The minimum Gasteiger partial charge on any atom is -0.371 e. The molecule has 0 radical (unpaired) electrons. The van der Waals surface area contributed by atoms with Gasteiger partial charge in [0.15, 0.2) is 0 Å². The van der Waals surface area contributed by atoms with Gasteiger partial charge in [-0.2, -0.15) is 4.98 Å². The minimum atomic E-state index is -0.497. The highest BCUT2D eigenvalue weighted by molar-refractivity contribution is 5.04. The van der Waals surface area contributed by atoms with Gasteiger partial charge < -0.3 is 14.6 Å². The van der Waals surface area contributed by atoms with Crippen LogP contribution in [-0.4, -0.2) is 29.8 Å². The second-order valence-corrected chi connectivity index (χ2v) is 6.12. The van der Waals surface area contributed by atoms with E-state index in [1.54, 1.807) is 7.11 Å². The van der Waals surface area contributed by atoms with Crippen LogP contribution in [0.2, 0.25) is 0 Å². The van der Waals surface area contributed by atoms with Crippen LogP contribution in [0.3, 0.4) is 0 Å². The third kappa shape index (κ3) is 3.38. The van der Waals surface area contributed by atoms with Crippen molar-refractivity contribution in [1.82, 2.24) is 15.5 Å². The van der Waals surface area contributed by atoms with Crippen LogP contribution in [0.1, 0.15) is 70.5 Å². The highest BCUT2D eigenvalue weighted by Gasteiger charge is 2.33. The SMILES string of the molecule is CCCNC1CCCCC1c1nc(C(C)(C)OC)no1. The van der Waals surface area contributed by atoms with E-state index >= 15 is 0 Å². The number of methoxy groups -OCH3 is 1. The molecular formula is C15H27N3O2. The number of ether oxygens (including phenoxy) is 1. The summed E-state index contributed by atoms with van der Waals surface area (Å²) in [6, 6.07) is 0.461. The van der Waals surface area contributed by atoms with Gasteiger partial charge in [-0.25, -0.2) is 0 Å². The molecule has 5 nitrogen and oxygen atoms in total. The van der Waals surface area contributed by atoms with Gasteiger partial charge in [0.25, 0.3) is 0 Å². The van der Waals surface area contributed by atoms with Crippen molar-refractivity contribution in [2.75, 3.05) is 13.7 Å². The Morgan fingerprint density at radius 2 is 2.10 bits per heavy atom. The molecule has 1 aromatic rings. The van der Waals surface area contributed by atoms with Crippen molar-refractivity contribution >= 4 is 0 Å². The minimum absolute atomic E-state index is 0.337. The molecule has 0 spiro atoms. The predicted octanol–water partition coefficient (Wildman–Crippen LogP) is 2.98. The fourth-order valence-electron chi connectivity index (χ4n) is 2.72. The summed E-state index contributed by atoms with van der Waals surface area (Å²) < 4.78 is 10.9.